The van der Waals surface area contributed by atoms with Crippen LogP contribution in [0.1, 0.15) is 25.8 Å². The highest BCUT2D eigenvalue weighted by atomic mass is 16.5. The van der Waals surface area contributed by atoms with Crippen LogP contribution in [-0.2, 0) is 11.2 Å². The lowest BCUT2D eigenvalue weighted by Crippen LogP contribution is -2.47. The van der Waals surface area contributed by atoms with Crippen molar-refractivity contribution < 1.29 is 14.6 Å². The Kier molecular flexibility index (Phi) is 4.74. The van der Waals surface area contributed by atoms with Crippen LogP contribution in [0.4, 0.5) is 5.69 Å². The Hall–Kier alpha value is -2.49. The number of amides is 1. The van der Waals surface area contributed by atoms with Crippen molar-refractivity contribution in [1.29, 1.82) is 0 Å². The number of nitrogens with zero attached hydrogens (tertiary/aromatic N) is 1. The summed E-state index contributed by atoms with van der Waals surface area (Å²) in [4.78, 5) is 14.7. The summed E-state index contributed by atoms with van der Waals surface area (Å²) in [6, 6.07) is 14.8. The zero-order chi connectivity index (χ0) is 17.1. The van der Waals surface area contributed by atoms with Gasteiger partial charge in [0.25, 0.3) is 5.91 Å². The molecule has 0 fully saturated rings. The van der Waals surface area contributed by atoms with E-state index in [1.807, 2.05) is 30.3 Å². The summed E-state index contributed by atoms with van der Waals surface area (Å²) in [7, 11) is 0. The Labute approximate surface area is 142 Å². The zero-order valence-electron chi connectivity index (χ0n) is 14.1. The van der Waals surface area contributed by atoms with E-state index in [9.17, 15) is 9.90 Å². The van der Waals surface area contributed by atoms with Crippen LogP contribution in [0.15, 0.2) is 48.5 Å². The second kappa shape index (κ2) is 6.95. The highest BCUT2D eigenvalue weighted by molar-refractivity contribution is 6.00. The molecule has 0 spiro atoms. The molecular weight excluding hydrogens is 302 g/mol. The molecule has 0 aromatic heterocycles. The second-order valence-corrected chi connectivity index (χ2v) is 6.62. The summed E-state index contributed by atoms with van der Waals surface area (Å²) < 4.78 is 5.94. The summed E-state index contributed by atoms with van der Waals surface area (Å²) in [6.07, 6.45) is 0.911. The van der Waals surface area contributed by atoms with Gasteiger partial charge in [-0.05, 0) is 30.0 Å². The van der Waals surface area contributed by atoms with Crippen molar-refractivity contribution in [3.63, 3.8) is 0 Å². The number of phenols is 1. The van der Waals surface area contributed by atoms with E-state index < -0.39 is 6.10 Å². The van der Waals surface area contributed by atoms with Gasteiger partial charge in [0.2, 0.25) is 0 Å². The number of fused-ring (bicyclic) bond motifs is 1. The van der Waals surface area contributed by atoms with Crippen LogP contribution in [0.5, 0.6) is 11.5 Å². The molecule has 1 N–H and O–H groups in total. The van der Waals surface area contributed by atoms with Gasteiger partial charge in [0.15, 0.2) is 6.10 Å². The number of carbonyl (C=O) groups excluding carboxylic acids is 1. The molecule has 3 rings (SSSR count). The van der Waals surface area contributed by atoms with Gasteiger partial charge >= 0.3 is 0 Å². The van der Waals surface area contributed by atoms with Gasteiger partial charge in [-0.3, -0.25) is 4.79 Å². The Bertz CT molecular complexity index is 712. The Morgan fingerprint density at radius 1 is 1.17 bits per heavy atom. The molecule has 0 bridgehead atoms. The SMILES string of the molecule is CC(C)CCN1C(=O)C(Cc2ccccc2)Oc2ccc(O)cc21. The molecule has 2 aromatic rings. The molecule has 0 saturated carbocycles. The molecule has 1 aliphatic heterocycles. The smallest absolute Gasteiger partial charge is 0.268 e. The quantitative estimate of drug-likeness (QED) is 0.910. The first-order valence-corrected chi connectivity index (χ1v) is 8.39. The molecule has 0 radical (unpaired) electrons. The first-order valence-electron chi connectivity index (χ1n) is 8.39. The lowest BCUT2D eigenvalue weighted by atomic mass is 10.0. The lowest BCUT2D eigenvalue weighted by Gasteiger charge is -2.35. The molecule has 1 unspecified atom stereocenters. The van der Waals surface area contributed by atoms with E-state index in [0.717, 1.165) is 12.0 Å². The number of rotatable bonds is 5. The topological polar surface area (TPSA) is 49.8 Å². The minimum Gasteiger partial charge on any atom is -0.508 e. The molecule has 126 valence electrons. The van der Waals surface area contributed by atoms with Crippen molar-refractivity contribution >= 4 is 11.6 Å². The Balaban J connectivity index is 1.88. The largest absolute Gasteiger partial charge is 0.508 e. The summed E-state index contributed by atoms with van der Waals surface area (Å²) >= 11 is 0. The molecule has 1 amide bonds. The highest BCUT2D eigenvalue weighted by Crippen LogP contribution is 2.37. The third-order valence-corrected chi connectivity index (χ3v) is 4.24. The van der Waals surface area contributed by atoms with Crippen molar-refractivity contribution in [2.75, 3.05) is 11.4 Å². The van der Waals surface area contributed by atoms with E-state index in [1.54, 1.807) is 23.1 Å². The van der Waals surface area contributed by atoms with E-state index in [-0.39, 0.29) is 11.7 Å². The fourth-order valence-electron chi connectivity index (χ4n) is 2.89. The van der Waals surface area contributed by atoms with Crippen molar-refractivity contribution in [2.24, 2.45) is 5.92 Å². The van der Waals surface area contributed by atoms with E-state index in [0.29, 0.717) is 30.3 Å². The van der Waals surface area contributed by atoms with Crippen LogP contribution in [0.3, 0.4) is 0 Å². The maximum atomic E-state index is 12.9. The van der Waals surface area contributed by atoms with Crippen molar-refractivity contribution in [1.82, 2.24) is 0 Å². The van der Waals surface area contributed by atoms with Gasteiger partial charge in [-0.1, -0.05) is 44.2 Å². The van der Waals surface area contributed by atoms with Crippen LogP contribution in [0, 0.1) is 5.92 Å². The molecule has 4 nitrogen and oxygen atoms in total. The number of anilines is 1. The van der Waals surface area contributed by atoms with Gasteiger partial charge in [0.05, 0.1) is 5.69 Å². The third-order valence-electron chi connectivity index (χ3n) is 4.24. The third kappa shape index (κ3) is 3.53. The van der Waals surface area contributed by atoms with Gasteiger partial charge in [0.1, 0.15) is 11.5 Å². The predicted octanol–water partition coefficient (Wildman–Crippen LogP) is 3.78. The number of benzene rings is 2. The summed E-state index contributed by atoms with van der Waals surface area (Å²) in [5.74, 6) is 1.24. The number of aromatic hydroxyl groups is 1. The minimum absolute atomic E-state index is 0.0439. The van der Waals surface area contributed by atoms with Crippen molar-refractivity contribution in [3.8, 4) is 11.5 Å². The number of hydrogen-bond donors (Lipinski definition) is 1. The van der Waals surface area contributed by atoms with Gasteiger partial charge < -0.3 is 14.7 Å². The van der Waals surface area contributed by atoms with Gasteiger partial charge in [-0.2, -0.15) is 0 Å². The molecule has 1 aliphatic rings. The number of phenolic OH excluding ortho intramolecular Hbond substituents is 1. The molecule has 0 aliphatic carbocycles. The van der Waals surface area contributed by atoms with Crippen LogP contribution in [0.2, 0.25) is 0 Å². The second-order valence-electron chi connectivity index (χ2n) is 6.62. The predicted molar refractivity (Wildman–Crippen MR) is 94.5 cm³/mol. The van der Waals surface area contributed by atoms with E-state index >= 15 is 0 Å². The van der Waals surface area contributed by atoms with Crippen LogP contribution in [0.25, 0.3) is 0 Å². The summed E-state index contributed by atoms with van der Waals surface area (Å²) in [5, 5.41) is 9.78. The lowest BCUT2D eigenvalue weighted by molar-refractivity contribution is -0.126. The van der Waals surface area contributed by atoms with Crippen molar-refractivity contribution in [3.05, 3.63) is 54.1 Å². The first kappa shape index (κ1) is 16.4. The number of ether oxygens (including phenoxy) is 1. The summed E-state index contributed by atoms with van der Waals surface area (Å²) in [5.41, 5.74) is 1.73. The molecule has 0 saturated heterocycles. The normalized spacial score (nSPS) is 16.9. The molecule has 1 atom stereocenters. The van der Waals surface area contributed by atoms with Crippen LogP contribution >= 0.6 is 0 Å². The van der Waals surface area contributed by atoms with Crippen LogP contribution < -0.4 is 9.64 Å². The maximum Gasteiger partial charge on any atom is 0.268 e. The maximum absolute atomic E-state index is 12.9. The molecule has 4 heteroatoms. The fourth-order valence-corrected chi connectivity index (χ4v) is 2.89. The Morgan fingerprint density at radius 2 is 1.92 bits per heavy atom. The van der Waals surface area contributed by atoms with E-state index in [4.69, 9.17) is 4.74 Å². The van der Waals surface area contributed by atoms with Gasteiger partial charge in [-0.15, -0.1) is 0 Å². The average molecular weight is 325 g/mol. The van der Waals surface area contributed by atoms with Gasteiger partial charge in [-0.25, -0.2) is 0 Å². The monoisotopic (exact) mass is 325 g/mol. The zero-order valence-corrected chi connectivity index (χ0v) is 14.1. The Morgan fingerprint density at radius 3 is 2.62 bits per heavy atom. The van der Waals surface area contributed by atoms with Gasteiger partial charge in [0, 0.05) is 19.0 Å². The average Bonchev–Trinajstić information content (AvgIpc) is 2.56. The van der Waals surface area contributed by atoms with Crippen LogP contribution in [-0.4, -0.2) is 23.7 Å². The molecular formula is C20H23NO3. The molecule has 24 heavy (non-hydrogen) atoms. The number of hydrogen-bond acceptors (Lipinski definition) is 3. The van der Waals surface area contributed by atoms with E-state index in [2.05, 4.69) is 13.8 Å². The summed E-state index contributed by atoms with van der Waals surface area (Å²) in [6.45, 7) is 4.90. The fraction of sp³-hybridized carbons (Fsp3) is 0.350. The van der Waals surface area contributed by atoms with Crippen molar-refractivity contribution in [2.45, 2.75) is 32.8 Å². The highest BCUT2D eigenvalue weighted by Gasteiger charge is 2.34. The standard InChI is InChI=1S/C20H23NO3/c1-14(2)10-11-21-17-13-16(22)8-9-18(17)24-19(20(21)23)12-15-6-4-3-5-7-15/h3-9,13-14,19,22H,10-12H2,1-2H3. The number of carbonyl (C=O) groups is 1. The minimum atomic E-state index is -0.531. The molecule has 1 heterocycles. The first-order chi connectivity index (χ1) is 11.5. The molecule has 2 aromatic carbocycles. The van der Waals surface area contributed by atoms with E-state index in [1.165, 1.54) is 0 Å².